The van der Waals surface area contributed by atoms with Crippen LogP contribution in [0.15, 0.2) is 30.9 Å². The number of amides is 1. The Morgan fingerprint density at radius 3 is 3.22 bits per heavy atom. The lowest BCUT2D eigenvalue weighted by atomic mass is 9.96. The van der Waals surface area contributed by atoms with Crippen molar-refractivity contribution in [3.8, 4) is 11.5 Å². The fourth-order valence-electron chi connectivity index (χ4n) is 2.59. The molecule has 0 aliphatic carbocycles. The zero-order valence-corrected chi connectivity index (χ0v) is 13.1. The van der Waals surface area contributed by atoms with Crippen molar-refractivity contribution in [1.82, 2.24) is 20.1 Å². The number of rotatable bonds is 6. The molecule has 1 aliphatic rings. The van der Waals surface area contributed by atoms with Crippen molar-refractivity contribution in [2.45, 2.75) is 19.4 Å². The highest BCUT2D eigenvalue weighted by molar-refractivity contribution is 5.79. The van der Waals surface area contributed by atoms with E-state index < -0.39 is 0 Å². The summed E-state index contributed by atoms with van der Waals surface area (Å²) < 4.78 is 12.6. The Morgan fingerprint density at radius 1 is 1.52 bits per heavy atom. The van der Waals surface area contributed by atoms with Crippen molar-refractivity contribution in [2.24, 2.45) is 5.92 Å². The molecule has 0 unspecified atom stereocenters. The zero-order valence-electron chi connectivity index (χ0n) is 13.1. The van der Waals surface area contributed by atoms with E-state index in [9.17, 15) is 4.79 Å². The van der Waals surface area contributed by atoms with Crippen LogP contribution < -0.4 is 14.8 Å². The fourth-order valence-corrected chi connectivity index (χ4v) is 2.59. The predicted molar refractivity (Wildman–Crippen MR) is 83.3 cm³/mol. The molecule has 0 radical (unpaired) electrons. The van der Waals surface area contributed by atoms with Crippen molar-refractivity contribution in [1.29, 1.82) is 0 Å². The molecule has 122 valence electrons. The van der Waals surface area contributed by atoms with Gasteiger partial charge in [-0.05, 0) is 24.5 Å². The quantitative estimate of drug-likeness (QED) is 0.806. The number of benzene rings is 1. The second kappa shape index (κ2) is 7.13. The third-order valence-electron chi connectivity index (χ3n) is 3.88. The molecule has 2 aromatic rings. The molecule has 1 aromatic carbocycles. The first-order valence-corrected chi connectivity index (χ1v) is 7.66. The Kier molecular flexibility index (Phi) is 4.75. The first-order valence-electron chi connectivity index (χ1n) is 7.66. The number of nitrogens with one attached hydrogen (secondary N) is 1. The molecular formula is C16H20N4O3. The molecule has 0 spiro atoms. The number of fused-ring (bicyclic) bond motifs is 1. The van der Waals surface area contributed by atoms with Gasteiger partial charge in [0.2, 0.25) is 5.91 Å². The summed E-state index contributed by atoms with van der Waals surface area (Å²) in [6.45, 7) is 1.75. The Labute approximate surface area is 134 Å². The largest absolute Gasteiger partial charge is 0.497 e. The Morgan fingerprint density at radius 2 is 2.43 bits per heavy atom. The number of carbonyl (C=O) groups excluding carboxylic acids is 1. The molecule has 1 amide bonds. The van der Waals surface area contributed by atoms with Gasteiger partial charge in [0, 0.05) is 19.2 Å². The number of hydrogen-bond donors (Lipinski definition) is 1. The van der Waals surface area contributed by atoms with Crippen LogP contribution in [0.25, 0.3) is 0 Å². The minimum Gasteiger partial charge on any atom is -0.497 e. The summed E-state index contributed by atoms with van der Waals surface area (Å²) in [6.07, 6.45) is 4.68. The Balaban J connectivity index is 1.47. The summed E-state index contributed by atoms with van der Waals surface area (Å²) in [6, 6.07) is 5.71. The minimum absolute atomic E-state index is 0.0325. The maximum Gasteiger partial charge on any atom is 0.226 e. The Bertz CT molecular complexity index is 657. The van der Waals surface area contributed by atoms with Crippen LogP contribution in [0.2, 0.25) is 0 Å². The first kappa shape index (κ1) is 15.3. The number of carbonyl (C=O) groups is 1. The van der Waals surface area contributed by atoms with Crippen LogP contribution in [0.5, 0.6) is 11.5 Å². The van der Waals surface area contributed by atoms with E-state index in [1.54, 1.807) is 18.1 Å². The summed E-state index contributed by atoms with van der Waals surface area (Å²) >= 11 is 0. The second-order valence-corrected chi connectivity index (χ2v) is 5.49. The highest BCUT2D eigenvalue weighted by Gasteiger charge is 2.26. The fraction of sp³-hybridized carbons (Fsp3) is 0.438. The van der Waals surface area contributed by atoms with E-state index in [1.807, 2.05) is 18.2 Å². The molecule has 23 heavy (non-hydrogen) atoms. The lowest BCUT2D eigenvalue weighted by Crippen LogP contribution is -2.38. The second-order valence-electron chi connectivity index (χ2n) is 5.49. The number of ether oxygens (including phenoxy) is 2. The third kappa shape index (κ3) is 3.80. The molecule has 1 atom stereocenters. The van der Waals surface area contributed by atoms with Gasteiger partial charge in [0.15, 0.2) is 0 Å². The maximum atomic E-state index is 12.2. The molecule has 1 aliphatic heterocycles. The highest BCUT2D eigenvalue weighted by Crippen LogP contribution is 2.30. The molecule has 2 heterocycles. The molecule has 7 heteroatoms. The van der Waals surface area contributed by atoms with E-state index in [0.29, 0.717) is 19.6 Å². The van der Waals surface area contributed by atoms with Gasteiger partial charge in [0.1, 0.15) is 30.8 Å². The van der Waals surface area contributed by atoms with Crippen LogP contribution in [0.3, 0.4) is 0 Å². The molecule has 7 nitrogen and oxygen atoms in total. The number of nitrogens with zero attached hydrogens (tertiary/aromatic N) is 3. The molecule has 1 N–H and O–H groups in total. The van der Waals surface area contributed by atoms with E-state index in [4.69, 9.17) is 9.47 Å². The predicted octanol–water partition coefficient (Wildman–Crippen LogP) is 1.04. The summed E-state index contributed by atoms with van der Waals surface area (Å²) in [5, 5.41) is 6.99. The van der Waals surface area contributed by atoms with Crippen molar-refractivity contribution in [3.63, 3.8) is 0 Å². The van der Waals surface area contributed by atoms with Gasteiger partial charge >= 0.3 is 0 Å². The molecule has 0 bridgehead atoms. The molecular weight excluding hydrogens is 296 g/mol. The minimum atomic E-state index is -0.151. The number of methoxy groups -OCH3 is 1. The molecule has 1 aromatic heterocycles. The van der Waals surface area contributed by atoms with Gasteiger partial charge in [-0.15, -0.1) is 0 Å². The van der Waals surface area contributed by atoms with E-state index in [0.717, 1.165) is 30.0 Å². The number of hydrogen-bond acceptors (Lipinski definition) is 5. The SMILES string of the molecule is COc1ccc2c(c1)OC[C@@H](C(=O)NCCCn1cncn1)C2. The standard InChI is InChI=1S/C16H20N4O3/c1-22-14-4-3-12-7-13(9-23-15(12)8-14)16(21)18-5-2-6-20-11-17-10-19-20/h3-4,8,10-11,13H,2,5-7,9H2,1H3,(H,18,21)/t13-/m0/s1. The van der Waals surface area contributed by atoms with E-state index in [1.165, 1.54) is 6.33 Å². The first-order chi connectivity index (χ1) is 11.3. The molecule has 0 saturated carbocycles. The highest BCUT2D eigenvalue weighted by atomic mass is 16.5. The molecule has 3 rings (SSSR count). The van der Waals surface area contributed by atoms with Crippen LogP contribution in [0.1, 0.15) is 12.0 Å². The lowest BCUT2D eigenvalue weighted by Gasteiger charge is -2.25. The van der Waals surface area contributed by atoms with Gasteiger partial charge in [-0.25, -0.2) is 4.98 Å². The van der Waals surface area contributed by atoms with Crippen molar-refractivity contribution < 1.29 is 14.3 Å². The monoisotopic (exact) mass is 316 g/mol. The smallest absolute Gasteiger partial charge is 0.226 e. The molecule has 0 fully saturated rings. The average Bonchev–Trinajstić information content (AvgIpc) is 3.11. The summed E-state index contributed by atoms with van der Waals surface area (Å²) in [5.74, 6) is 1.45. The average molecular weight is 316 g/mol. The zero-order chi connectivity index (χ0) is 16.1. The summed E-state index contributed by atoms with van der Waals surface area (Å²) in [5.41, 5.74) is 1.04. The van der Waals surface area contributed by atoms with Gasteiger partial charge in [0.25, 0.3) is 0 Å². The summed E-state index contributed by atoms with van der Waals surface area (Å²) in [7, 11) is 1.63. The van der Waals surface area contributed by atoms with Gasteiger partial charge < -0.3 is 14.8 Å². The van der Waals surface area contributed by atoms with E-state index in [-0.39, 0.29) is 11.8 Å². The van der Waals surface area contributed by atoms with Gasteiger partial charge in [0.05, 0.1) is 13.0 Å². The topological polar surface area (TPSA) is 78.3 Å². The van der Waals surface area contributed by atoms with E-state index in [2.05, 4.69) is 15.4 Å². The number of aryl methyl sites for hydroxylation is 1. The maximum absolute atomic E-state index is 12.2. The van der Waals surface area contributed by atoms with Gasteiger partial charge in [-0.2, -0.15) is 5.10 Å². The summed E-state index contributed by atoms with van der Waals surface area (Å²) in [4.78, 5) is 16.1. The van der Waals surface area contributed by atoms with Crippen LogP contribution in [0.4, 0.5) is 0 Å². The van der Waals surface area contributed by atoms with Crippen LogP contribution in [-0.2, 0) is 17.8 Å². The van der Waals surface area contributed by atoms with Crippen molar-refractivity contribution in [3.05, 3.63) is 36.4 Å². The van der Waals surface area contributed by atoms with Crippen LogP contribution in [-0.4, -0.2) is 40.9 Å². The Hall–Kier alpha value is -2.57. The number of aromatic nitrogens is 3. The van der Waals surface area contributed by atoms with Crippen LogP contribution in [0, 0.1) is 5.92 Å². The van der Waals surface area contributed by atoms with Crippen molar-refractivity contribution in [2.75, 3.05) is 20.3 Å². The van der Waals surface area contributed by atoms with Crippen molar-refractivity contribution >= 4 is 5.91 Å². The lowest BCUT2D eigenvalue weighted by molar-refractivity contribution is -0.126. The third-order valence-corrected chi connectivity index (χ3v) is 3.88. The normalized spacial score (nSPS) is 16.3. The molecule has 0 saturated heterocycles. The van der Waals surface area contributed by atoms with Gasteiger partial charge in [-0.1, -0.05) is 6.07 Å². The van der Waals surface area contributed by atoms with E-state index >= 15 is 0 Å². The van der Waals surface area contributed by atoms with Crippen LogP contribution >= 0.6 is 0 Å². The van der Waals surface area contributed by atoms with Gasteiger partial charge in [-0.3, -0.25) is 9.48 Å².